The second-order valence-corrected chi connectivity index (χ2v) is 10.4. The van der Waals surface area contributed by atoms with Crippen molar-refractivity contribution in [2.24, 2.45) is 0 Å². The fourth-order valence-corrected chi connectivity index (χ4v) is 5.71. The van der Waals surface area contributed by atoms with E-state index in [0.29, 0.717) is 5.67 Å². The first-order valence-corrected chi connectivity index (χ1v) is 9.64. The molecule has 0 aromatic heterocycles. The zero-order valence-electron chi connectivity index (χ0n) is 11.2. The van der Waals surface area contributed by atoms with Crippen LogP contribution < -0.4 is 10.1 Å². The quantitative estimate of drug-likeness (QED) is 0.701. The highest BCUT2D eigenvalue weighted by atomic mass is 28.3. The first-order chi connectivity index (χ1) is 8.62. The monoisotopic (exact) mass is 253 g/mol. The summed E-state index contributed by atoms with van der Waals surface area (Å²) >= 11 is 0. The maximum absolute atomic E-state index is 2.52. The Balaban J connectivity index is 2.18. The third-order valence-electron chi connectivity index (χ3n) is 4.32. The van der Waals surface area contributed by atoms with Crippen LogP contribution in [0.2, 0.25) is 13.1 Å². The van der Waals surface area contributed by atoms with Crippen molar-refractivity contribution in [3.8, 4) is 0 Å². The predicted octanol–water partition coefficient (Wildman–Crippen LogP) is 3.68. The van der Waals surface area contributed by atoms with Gasteiger partial charge in [0.2, 0.25) is 0 Å². The highest BCUT2D eigenvalue weighted by Crippen LogP contribution is 2.36. The Morgan fingerprint density at radius 2 is 1.50 bits per heavy atom. The molecule has 92 valence electrons. The van der Waals surface area contributed by atoms with Gasteiger partial charge in [-0.2, -0.15) is 0 Å². The van der Waals surface area contributed by atoms with Crippen LogP contribution >= 0.6 is 0 Å². The molecule has 0 amide bonds. The number of fused-ring (bicyclic) bond motifs is 1. The minimum Gasteiger partial charge on any atom is -0.341 e. The Hall–Kier alpha value is -1.54. The molecule has 2 aromatic rings. The number of nitrogens with zero attached hydrogens (tertiary/aromatic N) is 1. The number of hydrogen-bond acceptors (Lipinski definition) is 1. The molecule has 1 nitrogen and oxygen atoms in total. The third kappa shape index (κ3) is 1.52. The minimum absolute atomic E-state index is 0.609. The number of rotatable bonds is 1. The SMILES string of the molecule is CC1N(c2ccccc2)c2ccccc2[Si]1(C)C. The van der Waals surface area contributed by atoms with E-state index in [2.05, 4.69) is 79.5 Å². The van der Waals surface area contributed by atoms with Gasteiger partial charge < -0.3 is 4.90 Å². The van der Waals surface area contributed by atoms with Gasteiger partial charge in [-0.05, 0) is 30.3 Å². The van der Waals surface area contributed by atoms with E-state index in [1.165, 1.54) is 11.4 Å². The summed E-state index contributed by atoms with van der Waals surface area (Å²) in [6, 6.07) is 19.7. The molecule has 2 aromatic carbocycles. The lowest BCUT2D eigenvalue weighted by Crippen LogP contribution is -2.49. The van der Waals surface area contributed by atoms with Crippen molar-refractivity contribution in [2.45, 2.75) is 25.7 Å². The Bertz CT molecular complexity index is 562. The van der Waals surface area contributed by atoms with E-state index in [-0.39, 0.29) is 0 Å². The summed E-state index contributed by atoms with van der Waals surface area (Å²) in [6.07, 6.45) is 0. The number of benzene rings is 2. The van der Waals surface area contributed by atoms with E-state index in [0.717, 1.165) is 0 Å². The maximum atomic E-state index is 2.52. The standard InChI is InChI=1S/C16H19NSi/c1-13-17(14-9-5-4-6-10-14)15-11-7-8-12-16(15)18(13,2)3/h4-13H,1-3H3. The van der Waals surface area contributed by atoms with Gasteiger partial charge in [-0.15, -0.1) is 0 Å². The van der Waals surface area contributed by atoms with Crippen molar-refractivity contribution in [1.82, 2.24) is 0 Å². The van der Waals surface area contributed by atoms with Crippen molar-refractivity contribution in [2.75, 3.05) is 4.90 Å². The molecule has 1 heterocycles. The highest BCUT2D eigenvalue weighted by molar-refractivity contribution is 6.94. The molecule has 0 fully saturated rings. The van der Waals surface area contributed by atoms with Crippen molar-refractivity contribution in [3.63, 3.8) is 0 Å². The lowest BCUT2D eigenvalue weighted by Gasteiger charge is -2.30. The van der Waals surface area contributed by atoms with Gasteiger partial charge in [0.15, 0.2) is 0 Å². The fraction of sp³-hybridized carbons (Fsp3) is 0.250. The zero-order valence-corrected chi connectivity index (χ0v) is 12.2. The first kappa shape index (κ1) is 11.5. The van der Waals surface area contributed by atoms with Crippen LogP contribution in [0.3, 0.4) is 0 Å². The maximum Gasteiger partial charge on any atom is 0.108 e. The van der Waals surface area contributed by atoms with Gasteiger partial charge in [0.05, 0.1) is 0 Å². The third-order valence-corrected chi connectivity index (χ3v) is 8.48. The largest absolute Gasteiger partial charge is 0.341 e. The molecule has 1 atom stereocenters. The molecule has 1 aliphatic rings. The minimum atomic E-state index is -1.38. The predicted molar refractivity (Wildman–Crippen MR) is 81.6 cm³/mol. The van der Waals surface area contributed by atoms with Gasteiger partial charge in [0.1, 0.15) is 8.07 Å². The molecule has 0 saturated heterocycles. The van der Waals surface area contributed by atoms with Gasteiger partial charge >= 0.3 is 0 Å². The second-order valence-electron chi connectivity index (χ2n) is 5.62. The van der Waals surface area contributed by atoms with Crippen LogP contribution in [-0.2, 0) is 0 Å². The normalized spacial score (nSPS) is 20.8. The van der Waals surface area contributed by atoms with Crippen LogP contribution in [0.5, 0.6) is 0 Å². The van der Waals surface area contributed by atoms with Crippen molar-refractivity contribution >= 4 is 24.6 Å². The Morgan fingerprint density at radius 3 is 2.22 bits per heavy atom. The average Bonchev–Trinajstić information content (AvgIpc) is 2.60. The molecule has 0 saturated carbocycles. The number of para-hydroxylation sites is 2. The van der Waals surface area contributed by atoms with E-state index in [9.17, 15) is 0 Å². The lowest BCUT2D eigenvalue weighted by atomic mass is 10.2. The topological polar surface area (TPSA) is 3.24 Å². The molecule has 3 rings (SSSR count). The van der Waals surface area contributed by atoms with E-state index in [4.69, 9.17) is 0 Å². The molecule has 18 heavy (non-hydrogen) atoms. The average molecular weight is 253 g/mol. The lowest BCUT2D eigenvalue weighted by molar-refractivity contribution is 0.935. The summed E-state index contributed by atoms with van der Waals surface area (Å²) < 4.78 is 0. The molecule has 0 N–H and O–H groups in total. The summed E-state index contributed by atoms with van der Waals surface area (Å²) in [5, 5.41) is 1.58. The Morgan fingerprint density at radius 1 is 0.889 bits per heavy atom. The van der Waals surface area contributed by atoms with Crippen LogP contribution in [0.15, 0.2) is 54.6 Å². The van der Waals surface area contributed by atoms with Crippen LogP contribution in [0.25, 0.3) is 0 Å². The van der Waals surface area contributed by atoms with Crippen LogP contribution in [-0.4, -0.2) is 13.7 Å². The van der Waals surface area contributed by atoms with Crippen molar-refractivity contribution in [3.05, 3.63) is 54.6 Å². The Kier molecular flexibility index (Phi) is 2.56. The molecule has 2 heteroatoms. The van der Waals surface area contributed by atoms with Gasteiger partial charge in [0, 0.05) is 17.0 Å². The Labute approximate surface area is 110 Å². The van der Waals surface area contributed by atoms with Gasteiger partial charge in [0.25, 0.3) is 0 Å². The van der Waals surface area contributed by atoms with Crippen LogP contribution in [0.1, 0.15) is 6.92 Å². The molecular weight excluding hydrogens is 234 g/mol. The van der Waals surface area contributed by atoms with Gasteiger partial charge in [-0.1, -0.05) is 49.5 Å². The summed E-state index contributed by atoms with van der Waals surface area (Å²) in [5.41, 5.74) is 3.33. The second kappa shape index (κ2) is 3.99. The molecule has 0 radical (unpaired) electrons. The zero-order chi connectivity index (χ0) is 12.8. The summed E-state index contributed by atoms with van der Waals surface area (Å²) in [6.45, 7) is 7.32. The molecule has 1 aliphatic heterocycles. The van der Waals surface area contributed by atoms with E-state index >= 15 is 0 Å². The number of anilines is 2. The highest BCUT2D eigenvalue weighted by Gasteiger charge is 2.43. The summed E-state index contributed by atoms with van der Waals surface area (Å²) in [7, 11) is -1.38. The molecule has 1 unspecified atom stereocenters. The fourth-order valence-electron chi connectivity index (χ4n) is 2.94. The number of hydrogen-bond donors (Lipinski definition) is 0. The molecule has 0 bridgehead atoms. The van der Waals surface area contributed by atoms with E-state index < -0.39 is 8.07 Å². The van der Waals surface area contributed by atoms with Gasteiger partial charge in [-0.3, -0.25) is 0 Å². The van der Waals surface area contributed by atoms with Gasteiger partial charge in [-0.25, -0.2) is 0 Å². The first-order valence-electron chi connectivity index (χ1n) is 6.56. The van der Waals surface area contributed by atoms with Crippen molar-refractivity contribution in [1.29, 1.82) is 0 Å². The summed E-state index contributed by atoms with van der Waals surface area (Å²) in [4.78, 5) is 2.52. The summed E-state index contributed by atoms with van der Waals surface area (Å²) in [5.74, 6) is 0. The van der Waals surface area contributed by atoms with Crippen LogP contribution in [0.4, 0.5) is 11.4 Å². The van der Waals surface area contributed by atoms with E-state index in [1.54, 1.807) is 5.19 Å². The molecule has 0 spiro atoms. The smallest absolute Gasteiger partial charge is 0.108 e. The van der Waals surface area contributed by atoms with E-state index in [1.807, 2.05) is 0 Å². The van der Waals surface area contributed by atoms with Crippen molar-refractivity contribution < 1.29 is 0 Å². The molecular formula is C16H19NSi. The molecule has 0 aliphatic carbocycles. The van der Waals surface area contributed by atoms with Crippen LogP contribution in [0, 0.1) is 0 Å².